The van der Waals surface area contributed by atoms with Crippen molar-refractivity contribution < 1.29 is 0 Å². The molecule has 0 spiro atoms. The largest absolute Gasteiger partial charge is 0.0651 e. The van der Waals surface area contributed by atoms with Crippen LogP contribution in [-0.2, 0) is 0 Å². The van der Waals surface area contributed by atoms with Crippen molar-refractivity contribution in [3.63, 3.8) is 0 Å². The van der Waals surface area contributed by atoms with Crippen LogP contribution in [0.3, 0.4) is 0 Å². The Morgan fingerprint density at radius 1 is 0.737 bits per heavy atom. The second kappa shape index (κ2) is 6.19. The highest BCUT2D eigenvalue weighted by Gasteiger charge is 2.43. The first-order chi connectivity index (χ1) is 9.31. The van der Waals surface area contributed by atoms with Gasteiger partial charge in [0.25, 0.3) is 0 Å². The molecule has 110 valence electrons. The molecule has 0 aromatic carbocycles. The van der Waals surface area contributed by atoms with Crippen LogP contribution in [0.15, 0.2) is 0 Å². The summed E-state index contributed by atoms with van der Waals surface area (Å²) in [6.07, 6.45) is 17.0. The summed E-state index contributed by atoms with van der Waals surface area (Å²) in [6, 6.07) is 0. The summed E-state index contributed by atoms with van der Waals surface area (Å²) in [5, 5.41) is 0. The van der Waals surface area contributed by atoms with Crippen LogP contribution in [0, 0.1) is 35.5 Å². The van der Waals surface area contributed by atoms with E-state index in [9.17, 15) is 0 Å². The third kappa shape index (κ3) is 2.74. The summed E-state index contributed by atoms with van der Waals surface area (Å²) >= 11 is 0. The van der Waals surface area contributed by atoms with Gasteiger partial charge in [0.15, 0.2) is 0 Å². The van der Waals surface area contributed by atoms with Crippen molar-refractivity contribution in [2.45, 2.75) is 84.5 Å². The van der Waals surface area contributed by atoms with Gasteiger partial charge in [0.1, 0.15) is 0 Å². The third-order valence-electron chi connectivity index (χ3n) is 7.18. The van der Waals surface area contributed by atoms with Crippen molar-refractivity contribution in [2.24, 2.45) is 35.5 Å². The van der Waals surface area contributed by atoms with Crippen LogP contribution < -0.4 is 0 Å². The second-order valence-electron chi connectivity index (χ2n) is 7.95. The monoisotopic (exact) mass is 262 g/mol. The van der Waals surface area contributed by atoms with Crippen LogP contribution in [-0.4, -0.2) is 0 Å². The summed E-state index contributed by atoms with van der Waals surface area (Å²) in [6.45, 7) is 4.95. The number of hydrogen-bond donors (Lipinski definition) is 0. The molecular formula is C19H34. The molecule has 19 heavy (non-hydrogen) atoms. The summed E-state index contributed by atoms with van der Waals surface area (Å²) in [7, 11) is 0. The average Bonchev–Trinajstić information content (AvgIpc) is 2.94. The molecule has 0 aromatic rings. The fourth-order valence-corrected chi connectivity index (χ4v) is 6.08. The van der Waals surface area contributed by atoms with Gasteiger partial charge in [-0.25, -0.2) is 0 Å². The van der Waals surface area contributed by atoms with E-state index in [-0.39, 0.29) is 0 Å². The molecular weight excluding hydrogens is 228 g/mol. The quantitative estimate of drug-likeness (QED) is 0.580. The van der Waals surface area contributed by atoms with E-state index in [1.807, 2.05) is 0 Å². The predicted octanol–water partition coefficient (Wildman–Crippen LogP) is 6.06. The van der Waals surface area contributed by atoms with Crippen molar-refractivity contribution in [3.8, 4) is 0 Å². The van der Waals surface area contributed by atoms with Crippen LogP contribution in [0.4, 0.5) is 0 Å². The highest BCUT2D eigenvalue weighted by atomic mass is 14.5. The molecule has 0 nitrogen and oxygen atoms in total. The molecule has 6 atom stereocenters. The molecule has 6 unspecified atom stereocenters. The molecule has 0 amide bonds. The Hall–Kier alpha value is 0. The van der Waals surface area contributed by atoms with Crippen LogP contribution in [0.25, 0.3) is 0 Å². The van der Waals surface area contributed by atoms with Gasteiger partial charge >= 0.3 is 0 Å². The van der Waals surface area contributed by atoms with E-state index in [0.29, 0.717) is 0 Å². The first-order valence-electron chi connectivity index (χ1n) is 9.31. The Balaban J connectivity index is 1.74. The minimum atomic E-state index is 0.979. The fourth-order valence-electron chi connectivity index (χ4n) is 6.08. The van der Waals surface area contributed by atoms with Gasteiger partial charge in [-0.3, -0.25) is 0 Å². The maximum Gasteiger partial charge on any atom is -0.0352 e. The molecule has 3 aliphatic rings. The Kier molecular flexibility index (Phi) is 4.54. The van der Waals surface area contributed by atoms with E-state index in [1.54, 1.807) is 51.4 Å². The van der Waals surface area contributed by atoms with Gasteiger partial charge < -0.3 is 0 Å². The van der Waals surface area contributed by atoms with Crippen molar-refractivity contribution in [2.75, 3.05) is 0 Å². The number of hydrogen-bond acceptors (Lipinski definition) is 0. The summed E-state index contributed by atoms with van der Waals surface area (Å²) in [4.78, 5) is 0. The Morgan fingerprint density at radius 3 is 2.11 bits per heavy atom. The van der Waals surface area contributed by atoms with Crippen molar-refractivity contribution in [3.05, 3.63) is 0 Å². The zero-order valence-electron chi connectivity index (χ0n) is 13.2. The van der Waals surface area contributed by atoms with Gasteiger partial charge in [0.2, 0.25) is 0 Å². The fraction of sp³-hybridized carbons (Fsp3) is 1.00. The molecule has 0 N–H and O–H groups in total. The summed E-state index contributed by atoms with van der Waals surface area (Å²) in [5.41, 5.74) is 0. The molecule has 0 saturated heterocycles. The lowest BCUT2D eigenvalue weighted by Gasteiger charge is -2.46. The molecule has 3 saturated carbocycles. The molecule has 0 heteroatoms. The molecule has 0 aliphatic heterocycles. The molecule has 3 aliphatic carbocycles. The first-order valence-corrected chi connectivity index (χ1v) is 9.31. The van der Waals surface area contributed by atoms with E-state index < -0.39 is 0 Å². The standard InChI is InChI=1S/C19H34/c1-3-14(2)16-10-4-5-11-18(16)19-13-7-9-15-8-6-12-17(15)19/h14-19H,3-13H2,1-2H3. The van der Waals surface area contributed by atoms with Crippen LogP contribution in [0.5, 0.6) is 0 Å². The molecule has 3 rings (SSSR count). The topological polar surface area (TPSA) is 0 Å². The van der Waals surface area contributed by atoms with Gasteiger partial charge in [0, 0.05) is 0 Å². The minimum absolute atomic E-state index is 0.979. The Morgan fingerprint density at radius 2 is 1.37 bits per heavy atom. The average molecular weight is 262 g/mol. The highest BCUT2D eigenvalue weighted by molar-refractivity contribution is 4.93. The zero-order valence-corrected chi connectivity index (χ0v) is 13.2. The lowest BCUT2D eigenvalue weighted by molar-refractivity contribution is 0.0382. The number of rotatable bonds is 3. The third-order valence-corrected chi connectivity index (χ3v) is 7.18. The smallest absolute Gasteiger partial charge is 0.0352 e. The normalized spacial score (nSPS) is 44.8. The zero-order chi connectivity index (χ0) is 13.2. The van der Waals surface area contributed by atoms with Gasteiger partial charge in [-0.1, -0.05) is 58.8 Å². The van der Waals surface area contributed by atoms with Gasteiger partial charge in [-0.05, 0) is 61.2 Å². The van der Waals surface area contributed by atoms with E-state index >= 15 is 0 Å². The van der Waals surface area contributed by atoms with Crippen molar-refractivity contribution in [1.29, 1.82) is 0 Å². The maximum absolute atomic E-state index is 2.54. The van der Waals surface area contributed by atoms with E-state index in [1.165, 1.54) is 19.3 Å². The Labute approximate surface area is 120 Å². The molecule has 0 bridgehead atoms. The van der Waals surface area contributed by atoms with Crippen molar-refractivity contribution in [1.82, 2.24) is 0 Å². The van der Waals surface area contributed by atoms with E-state index in [4.69, 9.17) is 0 Å². The lowest BCUT2D eigenvalue weighted by atomic mass is 9.59. The number of fused-ring (bicyclic) bond motifs is 1. The molecule has 0 radical (unpaired) electrons. The van der Waals surface area contributed by atoms with Crippen LogP contribution in [0.1, 0.15) is 84.5 Å². The molecule has 0 heterocycles. The summed E-state index contributed by atoms with van der Waals surface area (Å²) < 4.78 is 0. The molecule has 3 fully saturated rings. The maximum atomic E-state index is 2.54. The van der Waals surface area contributed by atoms with Gasteiger partial charge in [-0.2, -0.15) is 0 Å². The minimum Gasteiger partial charge on any atom is -0.0651 e. The van der Waals surface area contributed by atoms with Gasteiger partial charge in [-0.15, -0.1) is 0 Å². The SMILES string of the molecule is CCC(C)C1CCCCC1C1CCCC2CCCC21. The van der Waals surface area contributed by atoms with E-state index in [2.05, 4.69) is 13.8 Å². The van der Waals surface area contributed by atoms with E-state index in [0.717, 1.165) is 35.5 Å². The second-order valence-corrected chi connectivity index (χ2v) is 7.95. The van der Waals surface area contributed by atoms with Gasteiger partial charge in [0.05, 0.1) is 0 Å². The lowest BCUT2D eigenvalue weighted by Crippen LogP contribution is -2.37. The Bertz CT molecular complexity index is 282. The molecule has 0 aromatic heterocycles. The predicted molar refractivity (Wildman–Crippen MR) is 83.1 cm³/mol. The summed E-state index contributed by atoms with van der Waals surface area (Å²) in [5.74, 6) is 6.56. The van der Waals surface area contributed by atoms with Crippen LogP contribution in [0.2, 0.25) is 0 Å². The first kappa shape index (κ1) is 14.0. The highest BCUT2D eigenvalue weighted by Crippen LogP contribution is 2.53. The van der Waals surface area contributed by atoms with Crippen LogP contribution >= 0.6 is 0 Å². The van der Waals surface area contributed by atoms with Crippen molar-refractivity contribution >= 4 is 0 Å².